The molecule has 0 saturated carbocycles. The van der Waals surface area contributed by atoms with Gasteiger partial charge >= 0.3 is 0 Å². The van der Waals surface area contributed by atoms with Crippen LogP contribution in [0.15, 0.2) is 35.5 Å². The molecule has 2 aromatic rings. The number of nitrogens with two attached hydrogens (primary N) is 1. The van der Waals surface area contributed by atoms with Crippen molar-refractivity contribution in [2.24, 2.45) is 7.05 Å². The Morgan fingerprint density at radius 2 is 2.15 bits per heavy atom. The summed E-state index contributed by atoms with van der Waals surface area (Å²) in [6, 6.07) is 3.47. The van der Waals surface area contributed by atoms with Crippen LogP contribution < -0.4 is 5.73 Å². The van der Waals surface area contributed by atoms with Crippen molar-refractivity contribution in [3.8, 4) is 0 Å². The molecule has 6 nitrogen and oxygen atoms in total. The number of nitrogen functional groups attached to an aromatic ring is 1. The highest BCUT2D eigenvalue weighted by Crippen LogP contribution is 2.22. The van der Waals surface area contributed by atoms with E-state index < -0.39 is 20.7 Å². The second-order valence-corrected chi connectivity index (χ2v) is 6.49. The first-order valence-corrected chi connectivity index (χ1v) is 7.23. The number of hydrogen-bond donors (Lipinski definition) is 1. The Morgan fingerprint density at radius 3 is 2.75 bits per heavy atom. The first-order valence-electron chi connectivity index (χ1n) is 5.79. The lowest BCUT2D eigenvalue weighted by molar-refractivity contribution is 0.460. The monoisotopic (exact) mass is 298 g/mol. The predicted molar refractivity (Wildman–Crippen MR) is 72.7 cm³/mol. The Hall–Kier alpha value is -1.93. The van der Waals surface area contributed by atoms with Gasteiger partial charge in [-0.3, -0.25) is 4.68 Å². The number of anilines is 1. The second kappa shape index (κ2) is 5.22. The van der Waals surface area contributed by atoms with Crippen LogP contribution in [0.4, 0.5) is 10.1 Å². The van der Waals surface area contributed by atoms with Crippen LogP contribution in [0.2, 0.25) is 0 Å². The molecule has 0 amide bonds. The van der Waals surface area contributed by atoms with Crippen LogP contribution in [0.25, 0.3) is 0 Å². The number of benzene rings is 1. The van der Waals surface area contributed by atoms with E-state index in [4.69, 9.17) is 5.73 Å². The Balaban J connectivity index is 2.32. The zero-order valence-electron chi connectivity index (χ0n) is 11.1. The van der Waals surface area contributed by atoms with E-state index in [0.717, 1.165) is 16.4 Å². The molecule has 0 bridgehead atoms. The van der Waals surface area contributed by atoms with Crippen molar-refractivity contribution in [2.45, 2.75) is 11.4 Å². The minimum absolute atomic E-state index is 0.102. The third-order valence-electron chi connectivity index (χ3n) is 2.81. The number of nitrogens with zero attached hydrogens (tertiary/aromatic N) is 3. The zero-order chi connectivity index (χ0) is 14.9. The van der Waals surface area contributed by atoms with Gasteiger partial charge < -0.3 is 5.73 Å². The molecule has 0 fully saturated rings. The Kier molecular flexibility index (Phi) is 3.78. The van der Waals surface area contributed by atoms with Gasteiger partial charge in [0.15, 0.2) is 0 Å². The quantitative estimate of drug-likeness (QED) is 0.853. The van der Waals surface area contributed by atoms with Crippen LogP contribution in [0.5, 0.6) is 0 Å². The van der Waals surface area contributed by atoms with E-state index in [0.29, 0.717) is 5.56 Å². The Morgan fingerprint density at radius 1 is 1.45 bits per heavy atom. The van der Waals surface area contributed by atoms with Gasteiger partial charge in [0.05, 0.1) is 6.20 Å². The summed E-state index contributed by atoms with van der Waals surface area (Å²) in [6.07, 6.45) is 3.25. The summed E-state index contributed by atoms with van der Waals surface area (Å²) in [6.45, 7) is 0.102. The average molecular weight is 298 g/mol. The molecule has 2 rings (SSSR count). The van der Waals surface area contributed by atoms with Gasteiger partial charge in [-0.15, -0.1) is 0 Å². The lowest BCUT2D eigenvalue weighted by atomic mass is 10.3. The molecule has 8 heteroatoms. The molecule has 0 unspecified atom stereocenters. The van der Waals surface area contributed by atoms with E-state index in [2.05, 4.69) is 5.10 Å². The molecular formula is C12H15FN4O2S. The van der Waals surface area contributed by atoms with Gasteiger partial charge in [-0.1, -0.05) is 0 Å². The molecule has 1 aromatic heterocycles. The Bertz CT molecular complexity index is 727. The summed E-state index contributed by atoms with van der Waals surface area (Å²) in [5.41, 5.74) is 6.42. The van der Waals surface area contributed by atoms with E-state index in [-0.39, 0.29) is 12.2 Å². The average Bonchev–Trinajstić information content (AvgIpc) is 2.77. The fourth-order valence-electron chi connectivity index (χ4n) is 1.78. The first-order chi connectivity index (χ1) is 9.30. The van der Waals surface area contributed by atoms with Crippen LogP contribution >= 0.6 is 0 Å². The number of aromatic nitrogens is 2. The minimum Gasteiger partial charge on any atom is -0.399 e. The number of rotatable bonds is 4. The molecule has 0 spiro atoms. The summed E-state index contributed by atoms with van der Waals surface area (Å²) in [5, 5.41) is 3.96. The lowest BCUT2D eigenvalue weighted by Crippen LogP contribution is -2.27. The molecule has 1 heterocycles. The standard InChI is InChI=1S/C12H15FN4O2S/c1-16-7-9(6-15-16)8-17(2)20(18,19)12-5-10(14)3-4-11(12)13/h3-7H,8,14H2,1-2H3. The van der Waals surface area contributed by atoms with Crippen LogP contribution in [-0.4, -0.2) is 29.6 Å². The van der Waals surface area contributed by atoms with Crippen molar-refractivity contribution in [1.29, 1.82) is 0 Å². The highest BCUT2D eigenvalue weighted by Gasteiger charge is 2.25. The summed E-state index contributed by atoms with van der Waals surface area (Å²) < 4.78 is 41.0. The van der Waals surface area contributed by atoms with E-state index in [1.807, 2.05) is 0 Å². The number of hydrogen-bond acceptors (Lipinski definition) is 4. The summed E-state index contributed by atoms with van der Waals surface area (Å²) >= 11 is 0. The van der Waals surface area contributed by atoms with Gasteiger partial charge in [0.1, 0.15) is 10.7 Å². The number of sulfonamides is 1. The topological polar surface area (TPSA) is 81.2 Å². The molecule has 0 saturated heterocycles. The van der Waals surface area contributed by atoms with Crippen LogP contribution in [0, 0.1) is 5.82 Å². The maximum Gasteiger partial charge on any atom is 0.246 e. The largest absolute Gasteiger partial charge is 0.399 e. The van der Waals surface area contributed by atoms with Gasteiger partial charge in [0.25, 0.3) is 0 Å². The molecule has 108 valence electrons. The first kappa shape index (κ1) is 14.5. The van der Waals surface area contributed by atoms with Crippen molar-refractivity contribution in [2.75, 3.05) is 12.8 Å². The molecule has 0 aliphatic heterocycles. The minimum atomic E-state index is -3.94. The number of aryl methyl sites for hydroxylation is 1. The van der Waals surface area contributed by atoms with Crippen LogP contribution in [0.1, 0.15) is 5.56 Å². The fourth-order valence-corrected chi connectivity index (χ4v) is 3.04. The molecule has 20 heavy (non-hydrogen) atoms. The molecular weight excluding hydrogens is 283 g/mol. The highest BCUT2D eigenvalue weighted by atomic mass is 32.2. The lowest BCUT2D eigenvalue weighted by Gasteiger charge is -2.17. The van der Waals surface area contributed by atoms with Crippen molar-refractivity contribution in [1.82, 2.24) is 14.1 Å². The zero-order valence-corrected chi connectivity index (χ0v) is 11.9. The van der Waals surface area contributed by atoms with Gasteiger partial charge in [0, 0.05) is 38.1 Å². The van der Waals surface area contributed by atoms with E-state index in [1.165, 1.54) is 13.1 Å². The summed E-state index contributed by atoms with van der Waals surface area (Å²) in [4.78, 5) is -0.427. The van der Waals surface area contributed by atoms with Gasteiger partial charge in [-0.05, 0) is 18.2 Å². The molecule has 0 atom stereocenters. The predicted octanol–water partition coefficient (Wildman–Crippen LogP) is 0.962. The fraction of sp³-hybridized carbons (Fsp3) is 0.250. The third-order valence-corrected chi connectivity index (χ3v) is 4.63. The summed E-state index contributed by atoms with van der Waals surface area (Å²) in [7, 11) is -0.828. The van der Waals surface area contributed by atoms with Gasteiger partial charge in [-0.25, -0.2) is 12.8 Å². The maximum atomic E-state index is 13.7. The molecule has 0 aliphatic carbocycles. The molecule has 0 aliphatic rings. The van der Waals surface area contributed by atoms with Gasteiger partial charge in [0.2, 0.25) is 10.0 Å². The Labute approximate surface area is 116 Å². The summed E-state index contributed by atoms with van der Waals surface area (Å²) in [5.74, 6) is -0.822. The van der Waals surface area contributed by atoms with Crippen molar-refractivity contribution < 1.29 is 12.8 Å². The second-order valence-electron chi connectivity index (χ2n) is 4.47. The molecule has 2 N–H and O–H groups in total. The molecule has 1 aromatic carbocycles. The molecule has 0 radical (unpaired) electrons. The van der Waals surface area contributed by atoms with E-state index in [9.17, 15) is 12.8 Å². The smallest absolute Gasteiger partial charge is 0.246 e. The van der Waals surface area contributed by atoms with Gasteiger partial charge in [-0.2, -0.15) is 9.40 Å². The van der Waals surface area contributed by atoms with Crippen molar-refractivity contribution in [3.05, 3.63) is 42.0 Å². The SMILES string of the molecule is CN(Cc1cnn(C)c1)S(=O)(=O)c1cc(N)ccc1F. The van der Waals surface area contributed by atoms with Crippen LogP contribution in [-0.2, 0) is 23.6 Å². The van der Waals surface area contributed by atoms with E-state index >= 15 is 0 Å². The maximum absolute atomic E-state index is 13.7. The van der Waals surface area contributed by atoms with Crippen molar-refractivity contribution >= 4 is 15.7 Å². The highest BCUT2D eigenvalue weighted by molar-refractivity contribution is 7.89. The van der Waals surface area contributed by atoms with Crippen molar-refractivity contribution in [3.63, 3.8) is 0 Å². The third kappa shape index (κ3) is 2.81. The van der Waals surface area contributed by atoms with E-state index in [1.54, 1.807) is 24.1 Å². The normalized spacial score (nSPS) is 12.0. The number of halogens is 1. The van der Waals surface area contributed by atoms with Crippen LogP contribution in [0.3, 0.4) is 0 Å².